The van der Waals surface area contributed by atoms with Gasteiger partial charge in [-0.1, -0.05) is 53.7 Å². The summed E-state index contributed by atoms with van der Waals surface area (Å²) in [5.41, 5.74) is 2.54. The SMILES string of the molecule is C[C@@H](Sc1nnnn1-c1ccc(Cl)cc1)c1nc2scc(-c3ccccc3)c2c(=O)[nH]1. The molecule has 0 aliphatic heterocycles. The van der Waals surface area contributed by atoms with Crippen molar-refractivity contribution in [2.24, 2.45) is 0 Å². The lowest BCUT2D eigenvalue weighted by molar-refractivity contribution is 0.754. The number of hydrogen-bond donors (Lipinski definition) is 1. The number of fused-ring (bicyclic) bond motifs is 1. The van der Waals surface area contributed by atoms with Crippen LogP contribution in [0.2, 0.25) is 5.02 Å². The fraction of sp³-hybridized carbons (Fsp3) is 0.0952. The second-order valence-electron chi connectivity index (χ2n) is 6.76. The molecule has 0 unspecified atom stereocenters. The van der Waals surface area contributed by atoms with Gasteiger partial charge < -0.3 is 4.98 Å². The first-order valence-corrected chi connectivity index (χ1v) is 11.5. The van der Waals surface area contributed by atoms with Crippen LogP contribution in [0.1, 0.15) is 18.0 Å². The summed E-state index contributed by atoms with van der Waals surface area (Å²) < 4.78 is 1.63. The van der Waals surface area contributed by atoms with Gasteiger partial charge in [-0.15, -0.1) is 16.4 Å². The minimum absolute atomic E-state index is 0.148. The van der Waals surface area contributed by atoms with Gasteiger partial charge in [0.25, 0.3) is 5.56 Å². The number of tetrazole rings is 1. The number of nitrogens with zero attached hydrogens (tertiary/aromatic N) is 5. The smallest absolute Gasteiger partial charge is 0.260 e. The molecule has 0 fully saturated rings. The quantitative estimate of drug-likeness (QED) is 0.361. The molecular weight excluding hydrogens is 452 g/mol. The molecule has 154 valence electrons. The van der Waals surface area contributed by atoms with Crippen LogP contribution in [0.4, 0.5) is 0 Å². The van der Waals surface area contributed by atoms with E-state index in [0.29, 0.717) is 26.2 Å². The number of thioether (sulfide) groups is 1. The molecule has 3 heterocycles. The van der Waals surface area contributed by atoms with Crippen LogP contribution >= 0.6 is 34.7 Å². The monoisotopic (exact) mass is 466 g/mol. The zero-order valence-corrected chi connectivity index (χ0v) is 18.6. The summed E-state index contributed by atoms with van der Waals surface area (Å²) in [4.78, 5) is 21.3. The average Bonchev–Trinajstić information content (AvgIpc) is 3.42. The van der Waals surface area contributed by atoms with Crippen molar-refractivity contribution in [3.05, 3.63) is 81.2 Å². The molecule has 0 aliphatic carbocycles. The normalized spacial score (nSPS) is 12.3. The van der Waals surface area contributed by atoms with Crippen molar-refractivity contribution < 1.29 is 0 Å². The molecule has 1 atom stereocenters. The van der Waals surface area contributed by atoms with E-state index in [1.807, 2.05) is 54.8 Å². The topological polar surface area (TPSA) is 89.3 Å². The van der Waals surface area contributed by atoms with Crippen LogP contribution in [0.15, 0.2) is 69.9 Å². The Morgan fingerprint density at radius 2 is 1.90 bits per heavy atom. The van der Waals surface area contributed by atoms with E-state index in [1.165, 1.54) is 23.1 Å². The lowest BCUT2D eigenvalue weighted by Gasteiger charge is -2.10. The van der Waals surface area contributed by atoms with Gasteiger partial charge in [-0.05, 0) is 47.2 Å². The van der Waals surface area contributed by atoms with Gasteiger partial charge in [0.05, 0.1) is 16.3 Å². The highest BCUT2D eigenvalue weighted by atomic mass is 35.5. The van der Waals surface area contributed by atoms with E-state index in [4.69, 9.17) is 16.6 Å². The maximum atomic E-state index is 12.9. The molecule has 10 heteroatoms. The minimum atomic E-state index is -0.170. The van der Waals surface area contributed by atoms with Crippen molar-refractivity contribution in [2.75, 3.05) is 0 Å². The first-order chi connectivity index (χ1) is 15.1. The molecule has 1 N–H and O–H groups in total. The summed E-state index contributed by atoms with van der Waals surface area (Å²) in [5, 5.41) is 15.6. The Balaban J connectivity index is 1.47. The van der Waals surface area contributed by atoms with Crippen LogP contribution in [0, 0.1) is 0 Å². The Hall–Kier alpha value is -3.01. The molecule has 31 heavy (non-hydrogen) atoms. The van der Waals surface area contributed by atoms with Crippen molar-refractivity contribution >= 4 is 44.9 Å². The number of aromatic amines is 1. The summed E-state index contributed by atoms with van der Waals surface area (Å²) in [6.07, 6.45) is 0. The standard InChI is InChI=1S/C21H15ClN6OS2/c1-12(31-21-25-26-27-28(21)15-9-7-14(22)8-10-15)18-23-19(29)17-16(11-30-20(17)24-18)13-5-3-2-4-6-13/h2-12H,1H3,(H,23,24,29)/t12-/m1/s1. The van der Waals surface area contributed by atoms with Gasteiger partial charge in [-0.3, -0.25) is 4.79 Å². The largest absolute Gasteiger partial charge is 0.309 e. The van der Waals surface area contributed by atoms with E-state index in [0.717, 1.165) is 16.8 Å². The van der Waals surface area contributed by atoms with E-state index in [1.54, 1.807) is 16.8 Å². The lowest BCUT2D eigenvalue weighted by atomic mass is 10.1. The first kappa shape index (κ1) is 19.9. The van der Waals surface area contributed by atoms with Gasteiger partial charge in [-0.25, -0.2) is 4.98 Å². The van der Waals surface area contributed by atoms with Gasteiger partial charge in [0, 0.05) is 16.0 Å². The highest BCUT2D eigenvalue weighted by Crippen LogP contribution is 2.35. The summed E-state index contributed by atoms with van der Waals surface area (Å²) in [6.45, 7) is 1.96. The summed E-state index contributed by atoms with van der Waals surface area (Å²) in [7, 11) is 0. The first-order valence-electron chi connectivity index (χ1n) is 9.38. The second kappa shape index (κ2) is 8.26. The van der Waals surface area contributed by atoms with Crippen LogP contribution < -0.4 is 5.56 Å². The second-order valence-corrected chi connectivity index (χ2v) is 9.36. The van der Waals surface area contributed by atoms with Crippen molar-refractivity contribution in [2.45, 2.75) is 17.3 Å². The molecule has 5 aromatic rings. The van der Waals surface area contributed by atoms with Gasteiger partial charge in [0.15, 0.2) is 0 Å². The van der Waals surface area contributed by atoms with Gasteiger partial charge in [-0.2, -0.15) is 4.68 Å². The molecule has 0 amide bonds. The Labute approximate surface area is 190 Å². The molecule has 0 aliphatic rings. The van der Waals surface area contributed by atoms with Crippen molar-refractivity contribution in [1.82, 2.24) is 30.2 Å². The zero-order valence-electron chi connectivity index (χ0n) is 16.2. The Morgan fingerprint density at radius 3 is 2.68 bits per heavy atom. The Kier molecular flexibility index (Phi) is 5.31. The van der Waals surface area contributed by atoms with E-state index < -0.39 is 0 Å². The molecule has 5 rings (SSSR count). The molecule has 0 saturated heterocycles. The molecule has 0 bridgehead atoms. The van der Waals surface area contributed by atoms with Crippen LogP contribution in [0.5, 0.6) is 0 Å². The van der Waals surface area contributed by atoms with Crippen LogP contribution in [0.3, 0.4) is 0 Å². The third kappa shape index (κ3) is 3.87. The van der Waals surface area contributed by atoms with E-state index >= 15 is 0 Å². The van der Waals surface area contributed by atoms with E-state index in [-0.39, 0.29) is 10.8 Å². The van der Waals surface area contributed by atoms with Gasteiger partial charge in [0.1, 0.15) is 10.7 Å². The fourth-order valence-corrected chi connectivity index (χ4v) is 5.14. The zero-order chi connectivity index (χ0) is 21.4. The number of rotatable bonds is 5. The highest BCUT2D eigenvalue weighted by molar-refractivity contribution is 7.99. The van der Waals surface area contributed by atoms with Crippen LogP contribution in [0.25, 0.3) is 27.0 Å². The average molecular weight is 467 g/mol. The van der Waals surface area contributed by atoms with Gasteiger partial charge >= 0.3 is 0 Å². The number of aromatic nitrogens is 6. The molecular formula is C21H15ClN6OS2. The number of hydrogen-bond acceptors (Lipinski definition) is 7. The minimum Gasteiger partial charge on any atom is -0.309 e. The summed E-state index contributed by atoms with van der Waals surface area (Å²) in [6, 6.07) is 17.1. The van der Waals surface area contributed by atoms with E-state index in [9.17, 15) is 4.79 Å². The Morgan fingerprint density at radius 1 is 1.13 bits per heavy atom. The van der Waals surface area contributed by atoms with Crippen molar-refractivity contribution in [3.63, 3.8) is 0 Å². The number of halogens is 1. The maximum Gasteiger partial charge on any atom is 0.260 e. The third-order valence-corrected chi connectivity index (χ3v) is 6.89. The van der Waals surface area contributed by atoms with Gasteiger partial charge in [0.2, 0.25) is 5.16 Å². The molecule has 7 nitrogen and oxygen atoms in total. The summed E-state index contributed by atoms with van der Waals surface area (Å²) >= 11 is 8.85. The lowest BCUT2D eigenvalue weighted by Crippen LogP contribution is -2.12. The number of benzene rings is 2. The predicted octanol–water partition coefficient (Wildman–Crippen LogP) is 5.13. The van der Waals surface area contributed by atoms with E-state index in [2.05, 4.69) is 20.5 Å². The molecule has 2 aromatic carbocycles. The van der Waals surface area contributed by atoms with Crippen LogP contribution in [-0.2, 0) is 0 Å². The highest BCUT2D eigenvalue weighted by Gasteiger charge is 2.19. The Bertz CT molecular complexity index is 1410. The number of H-pyrrole nitrogens is 1. The third-order valence-electron chi connectivity index (χ3n) is 4.73. The molecule has 0 saturated carbocycles. The van der Waals surface area contributed by atoms with Crippen LogP contribution in [-0.4, -0.2) is 30.2 Å². The number of nitrogens with one attached hydrogen (secondary N) is 1. The fourth-order valence-electron chi connectivity index (χ4n) is 3.20. The molecule has 0 radical (unpaired) electrons. The maximum absolute atomic E-state index is 12.9. The van der Waals surface area contributed by atoms with Crippen molar-refractivity contribution in [3.8, 4) is 16.8 Å². The van der Waals surface area contributed by atoms with Crippen molar-refractivity contribution in [1.29, 1.82) is 0 Å². The molecule has 3 aromatic heterocycles. The molecule has 0 spiro atoms. The summed E-state index contributed by atoms with van der Waals surface area (Å²) in [5.74, 6) is 0.578. The predicted molar refractivity (Wildman–Crippen MR) is 124 cm³/mol. The number of thiophene rings is 1.